The van der Waals surface area contributed by atoms with E-state index in [0.29, 0.717) is 50.2 Å². The molecular formula is C25H26N8O3S3. The number of allylic oxidation sites excluding steroid dienone is 3. The summed E-state index contributed by atoms with van der Waals surface area (Å²) in [6.07, 6.45) is 1.64. The molecule has 4 heterocycles. The normalized spacial score (nSPS) is 18.8. The molecular weight excluding hydrogens is 557 g/mol. The van der Waals surface area contributed by atoms with Gasteiger partial charge in [0.1, 0.15) is 22.3 Å². The summed E-state index contributed by atoms with van der Waals surface area (Å²) in [5, 5.41) is 31.2. The van der Waals surface area contributed by atoms with Crippen LogP contribution in [-0.2, 0) is 16.0 Å². The standard InChI is InChI=1S/C25H26N8O3S3/c1-5-18-29-30-22(38-18)28-17(35)11-37-24-32-31-23(39-24)33-14-8-25(3,4)9-15(34)20(14)19(13(10-26)21(33)27)16-7-6-12(2)36-16/h6-7,19H,5,8-9,11,27H2,1-4H3,(H,28,30,35). The van der Waals surface area contributed by atoms with Gasteiger partial charge in [-0.25, -0.2) is 0 Å². The van der Waals surface area contributed by atoms with Crippen molar-refractivity contribution in [1.82, 2.24) is 20.4 Å². The van der Waals surface area contributed by atoms with Crippen LogP contribution in [-0.4, -0.2) is 37.8 Å². The number of thioether (sulfide) groups is 1. The number of rotatable bonds is 7. The zero-order valence-corrected chi connectivity index (χ0v) is 24.2. The lowest BCUT2D eigenvalue weighted by molar-refractivity contribution is -0.118. The Morgan fingerprint density at radius 1 is 1.28 bits per heavy atom. The Bertz CT molecular complexity index is 1560. The van der Waals surface area contributed by atoms with Crippen molar-refractivity contribution >= 4 is 56.4 Å². The third-order valence-corrected chi connectivity index (χ3v) is 9.38. The molecule has 3 aromatic heterocycles. The van der Waals surface area contributed by atoms with E-state index in [9.17, 15) is 14.9 Å². The molecule has 2 aliphatic rings. The molecule has 1 atom stereocenters. The van der Waals surface area contributed by atoms with E-state index in [1.54, 1.807) is 11.0 Å². The molecule has 1 amide bonds. The highest BCUT2D eigenvalue weighted by molar-refractivity contribution is 8.01. The van der Waals surface area contributed by atoms with Gasteiger partial charge in [-0.15, -0.1) is 20.4 Å². The molecule has 3 N–H and O–H groups in total. The summed E-state index contributed by atoms with van der Waals surface area (Å²) in [4.78, 5) is 27.6. The first-order valence-electron chi connectivity index (χ1n) is 12.2. The van der Waals surface area contributed by atoms with Gasteiger partial charge in [0.25, 0.3) is 0 Å². The molecule has 1 unspecified atom stereocenters. The summed E-state index contributed by atoms with van der Waals surface area (Å²) in [6, 6.07) is 5.81. The molecule has 202 valence electrons. The first-order valence-corrected chi connectivity index (χ1v) is 14.8. The Morgan fingerprint density at radius 3 is 2.74 bits per heavy atom. The molecule has 14 heteroatoms. The summed E-state index contributed by atoms with van der Waals surface area (Å²) >= 11 is 3.80. The van der Waals surface area contributed by atoms with Crippen LogP contribution >= 0.6 is 34.4 Å². The van der Waals surface area contributed by atoms with E-state index in [1.165, 1.54) is 34.4 Å². The van der Waals surface area contributed by atoms with Crippen LogP contribution < -0.4 is 16.0 Å². The SMILES string of the molecule is CCc1nnc(NC(=O)CSc2nnc(N3C(N)=C(C#N)C(c4ccc(C)o4)C4=C3CC(C)(C)CC4=O)s2)s1. The van der Waals surface area contributed by atoms with Crippen molar-refractivity contribution in [3.8, 4) is 6.07 Å². The molecule has 0 fully saturated rings. The average Bonchev–Trinajstić information content (AvgIpc) is 3.62. The maximum atomic E-state index is 13.5. The van der Waals surface area contributed by atoms with E-state index in [-0.39, 0.29) is 34.3 Å². The Labute approximate surface area is 237 Å². The van der Waals surface area contributed by atoms with Gasteiger partial charge in [0.15, 0.2) is 10.1 Å². The van der Waals surface area contributed by atoms with Crippen LogP contribution in [0.1, 0.15) is 56.1 Å². The van der Waals surface area contributed by atoms with Crippen LogP contribution in [0.5, 0.6) is 0 Å². The molecule has 0 spiro atoms. The fourth-order valence-electron chi connectivity index (χ4n) is 4.70. The first-order chi connectivity index (χ1) is 18.6. The van der Waals surface area contributed by atoms with Crippen molar-refractivity contribution < 1.29 is 14.0 Å². The molecule has 0 saturated carbocycles. The van der Waals surface area contributed by atoms with Gasteiger partial charge in [-0.3, -0.25) is 19.8 Å². The lowest BCUT2D eigenvalue weighted by Gasteiger charge is -2.42. The molecule has 0 aromatic carbocycles. The first kappa shape index (κ1) is 27.0. The monoisotopic (exact) mass is 582 g/mol. The summed E-state index contributed by atoms with van der Waals surface area (Å²) in [5.41, 5.74) is 7.73. The van der Waals surface area contributed by atoms with E-state index in [4.69, 9.17) is 10.2 Å². The number of carbonyl (C=O) groups excluding carboxylic acids is 2. The Kier molecular flexibility index (Phi) is 7.32. The molecule has 0 saturated heterocycles. The third kappa shape index (κ3) is 5.34. The largest absolute Gasteiger partial charge is 0.465 e. The van der Waals surface area contributed by atoms with Gasteiger partial charge in [0.05, 0.1) is 23.3 Å². The maximum Gasteiger partial charge on any atom is 0.236 e. The van der Waals surface area contributed by atoms with Crippen LogP contribution in [0.15, 0.2) is 43.6 Å². The number of ketones is 1. The van der Waals surface area contributed by atoms with Crippen molar-refractivity contribution in [2.24, 2.45) is 11.1 Å². The number of hydrogen-bond acceptors (Lipinski definition) is 13. The summed E-state index contributed by atoms with van der Waals surface area (Å²) in [7, 11) is 0. The lowest BCUT2D eigenvalue weighted by Crippen LogP contribution is -2.42. The highest BCUT2D eigenvalue weighted by Crippen LogP contribution is 2.51. The number of carbonyl (C=O) groups is 2. The molecule has 0 radical (unpaired) electrons. The van der Waals surface area contributed by atoms with Gasteiger partial charge in [-0.2, -0.15) is 5.26 Å². The second-order valence-electron chi connectivity index (χ2n) is 9.97. The van der Waals surface area contributed by atoms with Crippen molar-refractivity contribution in [2.75, 3.05) is 16.0 Å². The van der Waals surface area contributed by atoms with Gasteiger partial charge in [0, 0.05) is 17.7 Å². The number of nitrogens with one attached hydrogen (secondary N) is 1. The number of aryl methyl sites for hydroxylation is 2. The Hall–Kier alpha value is -3.54. The van der Waals surface area contributed by atoms with Crippen molar-refractivity contribution in [1.29, 1.82) is 5.26 Å². The number of hydrogen-bond donors (Lipinski definition) is 2. The molecule has 11 nitrogen and oxygen atoms in total. The minimum absolute atomic E-state index is 0.0516. The van der Waals surface area contributed by atoms with Crippen LogP contribution in [0.2, 0.25) is 0 Å². The lowest BCUT2D eigenvalue weighted by atomic mass is 9.69. The zero-order valence-electron chi connectivity index (χ0n) is 21.8. The number of furan rings is 1. The van der Waals surface area contributed by atoms with Gasteiger partial charge >= 0.3 is 0 Å². The molecule has 1 aliphatic heterocycles. The van der Waals surface area contributed by atoms with E-state index < -0.39 is 5.92 Å². The van der Waals surface area contributed by atoms with E-state index in [0.717, 1.165) is 11.4 Å². The number of Topliss-reactive ketones (excluding diaryl/α,β-unsaturated/α-hetero) is 1. The molecule has 39 heavy (non-hydrogen) atoms. The van der Waals surface area contributed by atoms with Crippen molar-refractivity contribution in [3.63, 3.8) is 0 Å². The van der Waals surface area contributed by atoms with Crippen LogP contribution in [0, 0.1) is 23.7 Å². The van der Waals surface area contributed by atoms with Gasteiger partial charge < -0.3 is 10.2 Å². The topological polar surface area (TPSA) is 164 Å². The second-order valence-corrected chi connectivity index (χ2v) is 13.2. The number of aromatic nitrogens is 4. The minimum Gasteiger partial charge on any atom is -0.465 e. The molecule has 0 bridgehead atoms. The summed E-state index contributed by atoms with van der Waals surface area (Å²) in [5.74, 6) is 0.509. The fourth-order valence-corrected chi connectivity index (χ4v) is 7.08. The third-order valence-electron chi connectivity index (χ3n) is 6.36. The predicted molar refractivity (Wildman–Crippen MR) is 149 cm³/mol. The maximum absolute atomic E-state index is 13.5. The van der Waals surface area contributed by atoms with Crippen LogP contribution in [0.3, 0.4) is 0 Å². The number of anilines is 2. The Morgan fingerprint density at radius 2 is 2.08 bits per heavy atom. The highest BCUT2D eigenvalue weighted by atomic mass is 32.2. The molecule has 3 aromatic rings. The minimum atomic E-state index is -0.683. The zero-order chi connectivity index (χ0) is 27.9. The van der Waals surface area contributed by atoms with E-state index >= 15 is 0 Å². The molecule has 1 aliphatic carbocycles. The number of amides is 1. The quantitative estimate of drug-likeness (QED) is 0.376. The Balaban J connectivity index is 1.44. The van der Waals surface area contributed by atoms with Gasteiger partial charge in [-0.05, 0) is 37.3 Å². The van der Waals surface area contributed by atoms with Crippen molar-refractivity contribution in [2.45, 2.75) is 57.2 Å². The van der Waals surface area contributed by atoms with Crippen LogP contribution in [0.4, 0.5) is 10.3 Å². The number of nitrogens with two attached hydrogens (primary N) is 1. The second kappa shape index (κ2) is 10.6. The van der Waals surface area contributed by atoms with Crippen LogP contribution in [0.25, 0.3) is 0 Å². The average molecular weight is 583 g/mol. The predicted octanol–water partition coefficient (Wildman–Crippen LogP) is 4.53. The summed E-state index contributed by atoms with van der Waals surface area (Å²) < 4.78 is 6.43. The van der Waals surface area contributed by atoms with E-state index in [2.05, 4.69) is 31.8 Å². The van der Waals surface area contributed by atoms with Gasteiger partial charge in [-0.1, -0.05) is 55.2 Å². The molecule has 5 rings (SSSR count). The smallest absolute Gasteiger partial charge is 0.236 e. The van der Waals surface area contributed by atoms with Crippen molar-refractivity contribution in [3.05, 3.63) is 51.3 Å². The number of nitrogens with zero attached hydrogens (tertiary/aromatic N) is 6. The van der Waals surface area contributed by atoms with E-state index in [1.807, 2.05) is 33.8 Å². The number of nitriles is 1. The highest BCUT2D eigenvalue weighted by Gasteiger charge is 2.46. The van der Waals surface area contributed by atoms with Gasteiger partial charge in [0.2, 0.25) is 16.2 Å². The fraction of sp³-hybridized carbons (Fsp3) is 0.400. The summed E-state index contributed by atoms with van der Waals surface area (Å²) in [6.45, 7) is 7.84.